The van der Waals surface area contributed by atoms with Crippen molar-refractivity contribution in [2.45, 2.75) is 6.92 Å². The molecule has 0 unspecified atom stereocenters. The lowest BCUT2D eigenvalue weighted by Crippen LogP contribution is -1.98. The Kier molecular flexibility index (Phi) is 5.32. The molecule has 8 rings (SSSR count). The van der Waals surface area contributed by atoms with Crippen LogP contribution in [0.5, 0.6) is 0 Å². The lowest BCUT2D eigenvalue weighted by atomic mass is 10.0. The molecule has 0 fully saturated rings. The Morgan fingerprint density at radius 1 is 0.585 bits per heavy atom. The van der Waals surface area contributed by atoms with E-state index in [1.165, 1.54) is 0 Å². The number of furan rings is 1. The van der Waals surface area contributed by atoms with Gasteiger partial charge in [-0.15, -0.1) is 0 Å². The molecular formula is C37H25N3O. The van der Waals surface area contributed by atoms with E-state index in [2.05, 4.69) is 108 Å². The molecule has 194 valence electrons. The number of imidazole rings is 1. The monoisotopic (exact) mass is 527 g/mol. The number of hydrogen-bond acceptors (Lipinski definition) is 3. The van der Waals surface area contributed by atoms with Gasteiger partial charge in [0.1, 0.15) is 22.5 Å². The minimum atomic E-state index is 0.828. The van der Waals surface area contributed by atoms with Crippen LogP contribution in [0.15, 0.2) is 138 Å². The highest BCUT2D eigenvalue weighted by molar-refractivity contribution is 6.10. The van der Waals surface area contributed by atoms with E-state index in [0.29, 0.717) is 0 Å². The van der Waals surface area contributed by atoms with Crippen LogP contribution < -0.4 is 0 Å². The Balaban J connectivity index is 1.40. The average Bonchev–Trinajstić information content (AvgIpc) is 3.61. The van der Waals surface area contributed by atoms with Crippen LogP contribution >= 0.6 is 0 Å². The Morgan fingerprint density at radius 3 is 2.05 bits per heavy atom. The molecule has 4 heteroatoms. The minimum absolute atomic E-state index is 0.828. The number of hydrogen-bond donors (Lipinski definition) is 0. The van der Waals surface area contributed by atoms with Gasteiger partial charge in [-0.05, 0) is 54.4 Å². The normalized spacial score (nSPS) is 11.5. The van der Waals surface area contributed by atoms with E-state index in [0.717, 1.165) is 78.1 Å². The summed E-state index contributed by atoms with van der Waals surface area (Å²) in [7, 11) is 0. The van der Waals surface area contributed by atoms with Crippen molar-refractivity contribution < 1.29 is 4.42 Å². The fraction of sp³-hybridized carbons (Fsp3) is 0.0270. The van der Waals surface area contributed by atoms with Crippen LogP contribution in [-0.4, -0.2) is 14.5 Å². The van der Waals surface area contributed by atoms with Crippen molar-refractivity contribution in [1.29, 1.82) is 0 Å². The first kappa shape index (κ1) is 23.4. The fourth-order valence-corrected chi connectivity index (χ4v) is 5.79. The fourth-order valence-electron chi connectivity index (χ4n) is 5.79. The summed E-state index contributed by atoms with van der Waals surface area (Å²) in [5.41, 5.74) is 10.7. The number of pyridine rings is 1. The first-order valence-electron chi connectivity index (χ1n) is 13.8. The van der Waals surface area contributed by atoms with E-state index in [9.17, 15) is 0 Å². The van der Waals surface area contributed by atoms with E-state index in [1.54, 1.807) is 0 Å². The highest BCUT2D eigenvalue weighted by Gasteiger charge is 2.21. The molecule has 4 nitrogen and oxygen atoms in total. The lowest BCUT2D eigenvalue weighted by molar-refractivity contribution is 0.669. The summed E-state index contributed by atoms with van der Waals surface area (Å²) in [6.07, 6.45) is 0. The zero-order valence-corrected chi connectivity index (χ0v) is 22.5. The van der Waals surface area contributed by atoms with Gasteiger partial charge in [0.2, 0.25) is 0 Å². The van der Waals surface area contributed by atoms with Gasteiger partial charge in [-0.25, -0.2) is 4.98 Å². The summed E-state index contributed by atoms with van der Waals surface area (Å²) in [4.78, 5) is 10.2. The zero-order chi connectivity index (χ0) is 27.3. The number of nitrogens with zero attached hydrogens (tertiary/aromatic N) is 3. The van der Waals surface area contributed by atoms with Crippen LogP contribution in [0.25, 0.3) is 72.4 Å². The van der Waals surface area contributed by atoms with Gasteiger partial charge < -0.3 is 4.42 Å². The van der Waals surface area contributed by atoms with Crippen molar-refractivity contribution in [2.75, 3.05) is 0 Å². The molecular weight excluding hydrogens is 502 g/mol. The smallest absolute Gasteiger partial charge is 0.149 e. The molecule has 8 aromatic rings. The largest absolute Gasteiger partial charge is 0.455 e. The van der Waals surface area contributed by atoms with Crippen LogP contribution in [0.2, 0.25) is 0 Å². The summed E-state index contributed by atoms with van der Waals surface area (Å²) < 4.78 is 8.87. The first-order valence-corrected chi connectivity index (χ1v) is 13.8. The van der Waals surface area contributed by atoms with Gasteiger partial charge in [-0.1, -0.05) is 97.1 Å². The number of para-hydroxylation sites is 2. The molecule has 0 amide bonds. The summed E-state index contributed by atoms with van der Waals surface area (Å²) in [6.45, 7) is 2.04. The average molecular weight is 528 g/mol. The molecule has 0 aliphatic carbocycles. The van der Waals surface area contributed by atoms with Crippen molar-refractivity contribution >= 4 is 33.0 Å². The second kappa shape index (κ2) is 9.32. The van der Waals surface area contributed by atoms with E-state index >= 15 is 0 Å². The third-order valence-electron chi connectivity index (χ3n) is 7.75. The third-order valence-corrected chi connectivity index (χ3v) is 7.75. The quantitative estimate of drug-likeness (QED) is 0.229. The minimum Gasteiger partial charge on any atom is -0.455 e. The zero-order valence-electron chi connectivity index (χ0n) is 22.5. The molecule has 0 aliphatic heterocycles. The van der Waals surface area contributed by atoms with Crippen molar-refractivity contribution in [3.8, 4) is 39.5 Å². The maximum atomic E-state index is 6.64. The molecule has 3 aromatic heterocycles. The molecule has 0 spiro atoms. The number of aromatic nitrogens is 3. The molecule has 0 saturated heterocycles. The summed E-state index contributed by atoms with van der Waals surface area (Å²) >= 11 is 0. The summed E-state index contributed by atoms with van der Waals surface area (Å²) in [6, 6.07) is 46.0. The van der Waals surface area contributed by atoms with Crippen LogP contribution in [0.3, 0.4) is 0 Å². The molecule has 41 heavy (non-hydrogen) atoms. The van der Waals surface area contributed by atoms with Crippen LogP contribution in [0.4, 0.5) is 0 Å². The Morgan fingerprint density at radius 2 is 1.29 bits per heavy atom. The van der Waals surface area contributed by atoms with Crippen molar-refractivity contribution in [1.82, 2.24) is 14.5 Å². The maximum absolute atomic E-state index is 6.64. The highest BCUT2D eigenvalue weighted by Crippen LogP contribution is 2.39. The second-order valence-electron chi connectivity index (χ2n) is 10.3. The number of benzene rings is 5. The van der Waals surface area contributed by atoms with E-state index in [1.807, 2.05) is 37.3 Å². The van der Waals surface area contributed by atoms with Crippen molar-refractivity contribution in [2.24, 2.45) is 0 Å². The second-order valence-corrected chi connectivity index (χ2v) is 10.3. The lowest BCUT2D eigenvalue weighted by Gasteiger charge is -2.11. The number of aryl methyl sites for hydroxylation is 1. The van der Waals surface area contributed by atoms with Gasteiger partial charge in [0.15, 0.2) is 0 Å². The highest BCUT2D eigenvalue weighted by atomic mass is 16.3. The molecule has 3 heterocycles. The number of rotatable bonds is 4. The molecule has 0 N–H and O–H groups in total. The van der Waals surface area contributed by atoms with Gasteiger partial charge in [0.05, 0.1) is 22.5 Å². The van der Waals surface area contributed by atoms with Gasteiger partial charge in [-0.3, -0.25) is 9.55 Å². The molecule has 0 atom stereocenters. The topological polar surface area (TPSA) is 43.9 Å². The van der Waals surface area contributed by atoms with E-state index < -0.39 is 0 Å². The predicted octanol–water partition coefficient (Wildman–Crippen LogP) is 9.63. The Bertz CT molecular complexity index is 2190. The van der Waals surface area contributed by atoms with Gasteiger partial charge >= 0.3 is 0 Å². The molecule has 0 bridgehead atoms. The third kappa shape index (κ3) is 3.84. The molecule has 0 saturated carbocycles. The van der Waals surface area contributed by atoms with Gasteiger partial charge in [-0.2, -0.15) is 0 Å². The standard InChI is InChI=1S/C37H25N3O/c1-24-35-33(23-32(38-24)26-14-7-3-8-15-26)40(28-16-9-4-10-17-28)37(39-35)31-19-11-18-30-29-21-20-27(22-34(29)41-36(30)31)25-12-5-2-6-13-25/h2-23H,1H3. The summed E-state index contributed by atoms with van der Waals surface area (Å²) in [5, 5.41) is 2.16. The van der Waals surface area contributed by atoms with Crippen molar-refractivity contribution in [3.63, 3.8) is 0 Å². The maximum Gasteiger partial charge on any atom is 0.149 e. The number of fused-ring (bicyclic) bond motifs is 4. The Labute approximate surface area is 237 Å². The first-order chi connectivity index (χ1) is 20.2. The van der Waals surface area contributed by atoms with Crippen LogP contribution in [-0.2, 0) is 0 Å². The molecule has 0 radical (unpaired) electrons. The van der Waals surface area contributed by atoms with E-state index in [-0.39, 0.29) is 0 Å². The predicted molar refractivity (Wildman–Crippen MR) is 167 cm³/mol. The van der Waals surface area contributed by atoms with Crippen molar-refractivity contribution in [3.05, 3.63) is 139 Å². The Hall–Kier alpha value is -5.48. The van der Waals surface area contributed by atoms with Crippen LogP contribution in [0, 0.1) is 6.92 Å². The van der Waals surface area contributed by atoms with Gasteiger partial charge in [0, 0.05) is 22.0 Å². The molecule has 0 aliphatic rings. The molecule has 5 aromatic carbocycles. The van der Waals surface area contributed by atoms with E-state index in [4.69, 9.17) is 14.4 Å². The van der Waals surface area contributed by atoms with Crippen LogP contribution in [0.1, 0.15) is 5.69 Å². The SMILES string of the molecule is Cc1nc(-c2ccccc2)cc2c1nc(-c1cccc3c1oc1cc(-c4ccccc4)ccc13)n2-c1ccccc1. The van der Waals surface area contributed by atoms with Gasteiger partial charge in [0.25, 0.3) is 0 Å². The summed E-state index contributed by atoms with van der Waals surface area (Å²) in [5.74, 6) is 0.828.